The van der Waals surface area contributed by atoms with Crippen LogP contribution in [0.15, 0.2) is 24.3 Å². The number of benzene rings is 1. The predicted molar refractivity (Wildman–Crippen MR) is 112 cm³/mol. The molecule has 0 spiro atoms. The van der Waals surface area contributed by atoms with E-state index in [0.29, 0.717) is 11.4 Å². The van der Waals surface area contributed by atoms with E-state index in [9.17, 15) is 9.59 Å². The van der Waals surface area contributed by atoms with Gasteiger partial charge in [-0.25, -0.2) is 4.68 Å². The Hall–Kier alpha value is -2.73. The van der Waals surface area contributed by atoms with Crippen LogP contribution in [0.2, 0.25) is 0 Å². The summed E-state index contributed by atoms with van der Waals surface area (Å²) in [5.74, 6) is -0.0437. The fourth-order valence-corrected chi connectivity index (χ4v) is 4.81. The third kappa shape index (κ3) is 2.98. The van der Waals surface area contributed by atoms with Gasteiger partial charge in [0.05, 0.1) is 17.3 Å². The highest BCUT2D eigenvalue weighted by atomic mass is 32.1. The number of aryl methyl sites for hydroxylation is 5. The van der Waals surface area contributed by atoms with Gasteiger partial charge in [0.1, 0.15) is 5.82 Å². The summed E-state index contributed by atoms with van der Waals surface area (Å²) in [5.41, 5.74) is 5.54. The average molecular weight is 394 g/mol. The molecule has 1 atom stereocenters. The van der Waals surface area contributed by atoms with Gasteiger partial charge in [0.2, 0.25) is 5.91 Å². The number of amides is 1. The smallest absolute Gasteiger partial charge is 0.226 e. The molecule has 3 heterocycles. The van der Waals surface area contributed by atoms with Crippen molar-refractivity contribution < 1.29 is 9.59 Å². The second-order valence-corrected chi connectivity index (χ2v) is 8.98. The van der Waals surface area contributed by atoms with Crippen LogP contribution in [0.3, 0.4) is 0 Å². The second-order valence-electron chi connectivity index (χ2n) is 7.52. The summed E-state index contributed by atoms with van der Waals surface area (Å²) < 4.78 is 1.75. The molecule has 5 nitrogen and oxygen atoms in total. The third-order valence-corrected chi connectivity index (χ3v) is 6.43. The summed E-state index contributed by atoms with van der Waals surface area (Å²) in [6.07, 6.45) is 0.152. The van der Waals surface area contributed by atoms with Gasteiger partial charge in [0.15, 0.2) is 5.78 Å². The summed E-state index contributed by atoms with van der Waals surface area (Å²) in [6, 6.07) is 8.00. The molecule has 0 saturated heterocycles. The summed E-state index contributed by atoms with van der Waals surface area (Å²) in [4.78, 5) is 27.9. The van der Waals surface area contributed by atoms with Gasteiger partial charge in [-0.1, -0.05) is 6.07 Å². The summed E-state index contributed by atoms with van der Waals surface area (Å²) in [6.45, 7) is 9.97. The molecule has 6 heteroatoms. The second kappa shape index (κ2) is 6.71. The number of Topliss-reactive ketones (excluding diaryl/α,β-unsaturated/α-hetero) is 1. The Bertz CT molecular complexity index is 1120. The maximum Gasteiger partial charge on any atom is 0.226 e. The lowest BCUT2D eigenvalue weighted by Gasteiger charge is -2.23. The van der Waals surface area contributed by atoms with Gasteiger partial charge in [0.25, 0.3) is 0 Å². The Morgan fingerprint density at radius 3 is 2.54 bits per heavy atom. The number of rotatable bonds is 3. The first-order valence-electron chi connectivity index (χ1n) is 9.34. The van der Waals surface area contributed by atoms with E-state index in [4.69, 9.17) is 0 Å². The number of nitrogens with one attached hydrogen (secondary N) is 1. The van der Waals surface area contributed by atoms with Crippen molar-refractivity contribution in [2.45, 2.75) is 47.0 Å². The largest absolute Gasteiger partial charge is 0.310 e. The van der Waals surface area contributed by atoms with Crippen molar-refractivity contribution in [2.24, 2.45) is 0 Å². The summed E-state index contributed by atoms with van der Waals surface area (Å²) in [7, 11) is 0. The number of hydrogen-bond acceptors (Lipinski definition) is 4. The Morgan fingerprint density at radius 2 is 1.89 bits per heavy atom. The zero-order valence-corrected chi connectivity index (χ0v) is 17.5. The molecule has 1 aromatic carbocycles. The van der Waals surface area contributed by atoms with Crippen LogP contribution in [0.25, 0.3) is 5.69 Å². The standard InChI is InChI=1S/C22H23N3O2S/c1-11-6-7-16(8-12(11)2)25-22-20(14(4)24-25)18(10-19(26)23-22)21(27)17-9-13(3)28-15(17)5/h6-9,18H,10H2,1-5H3,(H,23,26)/t18-/m1/s1. The molecule has 28 heavy (non-hydrogen) atoms. The number of ketones is 1. The van der Waals surface area contributed by atoms with Crippen LogP contribution in [0.5, 0.6) is 0 Å². The Balaban J connectivity index is 1.84. The molecule has 0 bridgehead atoms. The molecule has 1 aliphatic rings. The molecule has 2 aromatic heterocycles. The van der Waals surface area contributed by atoms with Gasteiger partial charge in [-0.15, -0.1) is 11.3 Å². The van der Waals surface area contributed by atoms with E-state index in [1.807, 2.05) is 52.0 Å². The topological polar surface area (TPSA) is 64.0 Å². The fourth-order valence-electron chi connectivity index (χ4n) is 3.88. The maximum atomic E-state index is 13.3. The minimum atomic E-state index is -0.503. The van der Waals surface area contributed by atoms with Crippen molar-refractivity contribution in [1.82, 2.24) is 9.78 Å². The molecule has 1 N–H and O–H groups in total. The molecule has 0 unspecified atom stereocenters. The van der Waals surface area contributed by atoms with E-state index in [1.54, 1.807) is 16.0 Å². The molecular weight excluding hydrogens is 370 g/mol. The highest BCUT2D eigenvalue weighted by Crippen LogP contribution is 2.39. The molecular formula is C22H23N3O2S. The van der Waals surface area contributed by atoms with Gasteiger partial charge in [-0.2, -0.15) is 5.10 Å². The van der Waals surface area contributed by atoms with E-state index in [0.717, 1.165) is 32.3 Å². The van der Waals surface area contributed by atoms with Crippen LogP contribution in [-0.4, -0.2) is 21.5 Å². The molecule has 1 aliphatic heterocycles. The first kappa shape index (κ1) is 18.6. The van der Waals surface area contributed by atoms with Crippen LogP contribution < -0.4 is 5.32 Å². The maximum absolute atomic E-state index is 13.3. The predicted octanol–water partition coefficient (Wildman–Crippen LogP) is 4.78. The first-order valence-corrected chi connectivity index (χ1v) is 10.2. The molecule has 4 rings (SSSR count). The number of carbonyl (C=O) groups is 2. The molecule has 1 amide bonds. The fraction of sp³-hybridized carbons (Fsp3) is 0.318. The minimum absolute atomic E-state index is 0.000636. The van der Waals surface area contributed by atoms with Crippen LogP contribution in [0.4, 0.5) is 5.82 Å². The van der Waals surface area contributed by atoms with Gasteiger partial charge in [0, 0.05) is 27.3 Å². The lowest BCUT2D eigenvalue weighted by atomic mass is 9.85. The average Bonchev–Trinajstić information content (AvgIpc) is 3.15. The van der Waals surface area contributed by atoms with Crippen molar-refractivity contribution in [3.8, 4) is 5.69 Å². The molecule has 144 valence electrons. The number of aromatic nitrogens is 2. The van der Waals surface area contributed by atoms with Crippen LogP contribution >= 0.6 is 11.3 Å². The highest BCUT2D eigenvalue weighted by molar-refractivity contribution is 7.12. The zero-order valence-electron chi connectivity index (χ0n) is 16.7. The number of carbonyl (C=O) groups excluding carboxylic acids is 2. The third-order valence-electron chi connectivity index (χ3n) is 5.46. The van der Waals surface area contributed by atoms with E-state index in [1.165, 1.54) is 5.56 Å². The van der Waals surface area contributed by atoms with Gasteiger partial charge < -0.3 is 5.32 Å². The van der Waals surface area contributed by atoms with Crippen LogP contribution in [0.1, 0.15) is 54.8 Å². The van der Waals surface area contributed by atoms with Crippen molar-refractivity contribution >= 4 is 28.8 Å². The number of nitrogens with zero attached hydrogens (tertiary/aromatic N) is 2. The van der Waals surface area contributed by atoms with Crippen molar-refractivity contribution in [3.05, 3.63) is 62.0 Å². The molecule has 0 radical (unpaired) electrons. The van der Waals surface area contributed by atoms with Crippen LogP contribution in [0, 0.1) is 34.6 Å². The Morgan fingerprint density at radius 1 is 1.14 bits per heavy atom. The summed E-state index contributed by atoms with van der Waals surface area (Å²) >= 11 is 1.61. The lowest BCUT2D eigenvalue weighted by molar-refractivity contribution is -0.116. The molecule has 0 fully saturated rings. The van der Waals surface area contributed by atoms with Gasteiger partial charge in [-0.3, -0.25) is 9.59 Å². The van der Waals surface area contributed by atoms with Gasteiger partial charge >= 0.3 is 0 Å². The molecule has 3 aromatic rings. The van der Waals surface area contributed by atoms with Crippen molar-refractivity contribution in [2.75, 3.05) is 5.32 Å². The van der Waals surface area contributed by atoms with Crippen molar-refractivity contribution in [3.63, 3.8) is 0 Å². The number of fused-ring (bicyclic) bond motifs is 1. The summed E-state index contributed by atoms with van der Waals surface area (Å²) in [5, 5.41) is 7.62. The van der Waals surface area contributed by atoms with E-state index in [2.05, 4.69) is 17.3 Å². The van der Waals surface area contributed by atoms with Crippen molar-refractivity contribution in [1.29, 1.82) is 0 Å². The normalized spacial score (nSPS) is 16.0. The quantitative estimate of drug-likeness (QED) is 0.651. The SMILES string of the molecule is Cc1cc(C(=O)[C@@H]2CC(=O)Nc3c2c(C)nn3-c2ccc(C)c(C)c2)c(C)s1. The lowest BCUT2D eigenvalue weighted by Crippen LogP contribution is -2.28. The Kier molecular flexibility index (Phi) is 4.46. The number of hydrogen-bond donors (Lipinski definition) is 1. The Labute approximate surface area is 168 Å². The minimum Gasteiger partial charge on any atom is -0.310 e. The first-order chi connectivity index (χ1) is 13.3. The molecule has 0 aliphatic carbocycles. The van der Waals surface area contributed by atoms with E-state index >= 15 is 0 Å². The number of anilines is 1. The van der Waals surface area contributed by atoms with E-state index in [-0.39, 0.29) is 18.1 Å². The van der Waals surface area contributed by atoms with Crippen LogP contribution in [-0.2, 0) is 4.79 Å². The monoisotopic (exact) mass is 393 g/mol. The zero-order chi connectivity index (χ0) is 20.2. The molecule has 0 saturated carbocycles. The van der Waals surface area contributed by atoms with E-state index < -0.39 is 5.92 Å². The number of thiophene rings is 1. The van der Waals surface area contributed by atoms with Gasteiger partial charge in [-0.05, 0) is 63.9 Å². The highest BCUT2D eigenvalue weighted by Gasteiger charge is 2.37.